The first-order valence-corrected chi connectivity index (χ1v) is 10.8. The summed E-state index contributed by atoms with van der Waals surface area (Å²) in [4.78, 5) is 34.4. The lowest BCUT2D eigenvalue weighted by Crippen LogP contribution is -2.39. The average Bonchev–Trinajstić information content (AvgIpc) is 3.29. The molecule has 2 aromatic heterocycles. The van der Waals surface area contributed by atoms with Crippen LogP contribution in [0.2, 0.25) is 0 Å². The Morgan fingerprint density at radius 2 is 2.04 bits per heavy atom. The summed E-state index contributed by atoms with van der Waals surface area (Å²) in [6.07, 6.45) is 11.1. The predicted molar refractivity (Wildman–Crippen MR) is 105 cm³/mol. The van der Waals surface area contributed by atoms with Crippen molar-refractivity contribution in [2.24, 2.45) is 0 Å². The van der Waals surface area contributed by atoms with Crippen LogP contribution in [-0.2, 0) is 24.2 Å². The van der Waals surface area contributed by atoms with Crippen LogP contribution >= 0.6 is 11.3 Å². The minimum absolute atomic E-state index is 0.0334. The monoisotopic (exact) mass is 373 g/mol. The smallest absolute Gasteiger partial charge is 0.262 e. The number of aryl methyl sites for hydroxylation is 3. The minimum Gasteiger partial charge on any atom is -0.340 e. The molecule has 0 unspecified atom stereocenters. The van der Waals surface area contributed by atoms with Crippen LogP contribution in [0.5, 0.6) is 0 Å². The molecule has 6 heteroatoms. The van der Waals surface area contributed by atoms with Crippen LogP contribution in [0.4, 0.5) is 0 Å². The van der Waals surface area contributed by atoms with Gasteiger partial charge in [-0.2, -0.15) is 0 Å². The zero-order valence-electron chi connectivity index (χ0n) is 15.5. The number of thiophene rings is 1. The van der Waals surface area contributed by atoms with Crippen LogP contribution < -0.4 is 5.56 Å². The summed E-state index contributed by atoms with van der Waals surface area (Å²) in [5, 5.41) is 0.808. The molecule has 1 fully saturated rings. The molecular formula is C20H27N3O2S. The van der Waals surface area contributed by atoms with Gasteiger partial charge in [0.05, 0.1) is 11.7 Å². The summed E-state index contributed by atoms with van der Waals surface area (Å²) < 4.78 is 1.64. The van der Waals surface area contributed by atoms with Crippen LogP contribution in [0.3, 0.4) is 0 Å². The fourth-order valence-corrected chi connectivity index (χ4v) is 5.77. The van der Waals surface area contributed by atoms with Gasteiger partial charge < -0.3 is 4.90 Å². The van der Waals surface area contributed by atoms with Gasteiger partial charge in [-0.1, -0.05) is 12.8 Å². The molecule has 0 aliphatic heterocycles. The maximum atomic E-state index is 13.0. The van der Waals surface area contributed by atoms with Crippen LogP contribution in [0.25, 0.3) is 10.2 Å². The van der Waals surface area contributed by atoms with Crippen molar-refractivity contribution < 1.29 is 4.79 Å². The second-order valence-electron chi connectivity index (χ2n) is 7.50. The number of fused-ring (bicyclic) bond motifs is 3. The van der Waals surface area contributed by atoms with E-state index in [9.17, 15) is 9.59 Å². The van der Waals surface area contributed by atoms with E-state index in [2.05, 4.69) is 4.98 Å². The molecule has 0 radical (unpaired) electrons. The highest BCUT2D eigenvalue weighted by Gasteiger charge is 2.25. The van der Waals surface area contributed by atoms with Crippen molar-refractivity contribution in [2.45, 2.75) is 77.3 Å². The Morgan fingerprint density at radius 3 is 2.81 bits per heavy atom. The molecular weight excluding hydrogens is 346 g/mol. The van der Waals surface area contributed by atoms with Gasteiger partial charge in [-0.05, 0) is 51.0 Å². The van der Waals surface area contributed by atoms with E-state index in [1.807, 2.05) is 11.8 Å². The zero-order chi connectivity index (χ0) is 18.1. The van der Waals surface area contributed by atoms with E-state index < -0.39 is 0 Å². The van der Waals surface area contributed by atoms with Gasteiger partial charge in [0, 0.05) is 30.4 Å². The lowest BCUT2D eigenvalue weighted by molar-refractivity contribution is -0.133. The lowest BCUT2D eigenvalue weighted by atomic mass is 9.97. The van der Waals surface area contributed by atoms with Crippen LogP contribution in [-0.4, -0.2) is 32.9 Å². The van der Waals surface area contributed by atoms with E-state index in [0.29, 0.717) is 19.0 Å². The molecule has 0 saturated heterocycles. The van der Waals surface area contributed by atoms with E-state index >= 15 is 0 Å². The summed E-state index contributed by atoms with van der Waals surface area (Å²) >= 11 is 1.67. The van der Waals surface area contributed by atoms with Gasteiger partial charge >= 0.3 is 0 Å². The number of nitrogens with zero attached hydrogens (tertiary/aromatic N) is 3. The maximum Gasteiger partial charge on any atom is 0.262 e. The molecule has 2 heterocycles. The van der Waals surface area contributed by atoms with Crippen LogP contribution in [0.15, 0.2) is 11.1 Å². The van der Waals surface area contributed by atoms with Gasteiger partial charge in [0.1, 0.15) is 4.83 Å². The topological polar surface area (TPSA) is 55.2 Å². The van der Waals surface area contributed by atoms with Crippen molar-refractivity contribution in [1.29, 1.82) is 0 Å². The SMILES string of the molecule is CCN(C(=O)CCn1cnc2sc3c(c2c1=O)CCCC3)C1CCCC1. The molecule has 0 N–H and O–H groups in total. The molecule has 2 aromatic rings. The number of hydrogen-bond donors (Lipinski definition) is 0. The standard InChI is InChI=1S/C20H27N3O2S/c1-2-23(14-7-3-4-8-14)17(24)11-12-22-13-21-19-18(20(22)25)15-9-5-6-10-16(15)26-19/h13-14H,2-12H2,1H3. The Bertz CT molecular complexity index is 864. The highest BCUT2D eigenvalue weighted by atomic mass is 32.1. The summed E-state index contributed by atoms with van der Waals surface area (Å²) in [7, 11) is 0. The lowest BCUT2D eigenvalue weighted by Gasteiger charge is -2.27. The molecule has 4 rings (SSSR count). The summed E-state index contributed by atoms with van der Waals surface area (Å²) in [6, 6.07) is 0.397. The van der Waals surface area contributed by atoms with E-state index in [1.54, 1.807) is 22.2 Å². The largest absolute Gasteiger partial charge is 0.340 e. The maximum absolute atomic E-state index is 13.0. The first-order valence-electron chi connectivity index (χ1n) is 9.98. The molecule has 0 aromatic carbocycles. The molecule has 0 spiro atoms. The van der Waals surface area contributed by atoms with Gasteiger partial charge in [-0.15, -0.1) is 11.3 Å². The number of amides is 1. The molecule has 0 bridgehead atoms. The Labute approximate surface area is 158 Å². The fraction of sp³-hybridized carbons (Fsp3) is 0.650. The summed E-state index contributed by atoms with van der Waals surface area (Å²) in [6.45, 7) is 3.23. The molecule has 2 aliphatic carbocycles. The molecule has 1 saturated carbocycles. The third kappa shape index (κ3) is 3.20. The van der Waals surface area contributed by atoms with E-state index in [1.165, 1.54) is 29.7 Å². The van der Waals surface area contributed by atoms with Crippen LogP contribution in [0.1, 0.15) is 62.3 Å². The first kappa shape index (κ1) is 17.7. The van der Waals surface area contributed by atoms with Crippen molar-refractivity contribution in [3.63, 3.8) is 0 Å². The summed E-state index contributed by atoms with van der Waals surface area (Å²) in [5.74, 6) is 0.166. The molecule has 26 heavy (non-hydrogen) atoms. The van der Waals surface area contributed by atoms with Gasteiger partial charge in [0.15, 0.2) is 0 Å². The Balaban J connectivity index is 1.53. The predicted octanol–water partition coefficient (Wildman–Crippen LogP) is 3.52. The number of hydrogen-bond acceptors (Lipinski definition) is 4. The highest BCUT2D eigenvalue weighted by Crippen LogP contribution is 2.33. The minimum atomic E-state index is 0.0334. The highest BCUT2D eigenvalue weighted by molar-refractivity contribution is 7.18. The molecule has 5 nitrogen and oxygen atoms in total. The quantitative estimate of drug-likeness (QED) is 0.806. The number of aromatic nitrogens is 2. The van der Waals surface area contributed by atoms with Crippen molar-refractivity contribution >= 4 is 27.5 Å². The molecule has 0 atom stereocenters. The van der Waals surface area contributed by atoms with Gasteiger partial charge in [-0.25, -0.2) is 4.98 Å². The average molecular weight is 374 g/mol. The van der Waals surface area contributed by atoms with Crippen molar-refractivity contribution in [1.82, 2.24) is 14.5 Å². The molecule has 1 amide bonds. The van der Waals surface area contributed by atoms with Crippen molar-refractivity contribution in [3.8, 4) is 0 Å². The zero-order valence-corrected chi connectivity index (χ0v) is 16.3. The third-order valence-electron chi connectivity index (χ3n) is 5.93. The van der Waals surface area contributed by atoms with Crippen molar-refractivity contribution in [3.05, 3.63) is 27.1 Å². The Morgan fingerprint density at radius 1 is 1.27 bits per heavy atom. The normalized spacial score (nSPS) is 17.6. The summed E-state index contributed by atoms with van der Waals surface area (Å²) in [5.41, 5.74) is 1.25. The Hall–Kier alpha value is -1.69. The van der Waals surface area contributed by atoms with Gasteiger partial charge in [0.25, 0.3) is 5.56 Å². The molecule has 2 aliphatic rings. The number of carbonyl (C=O) groups is 1. The van der Waals surface area contributed by atoms with Crippen LogP contribution in [0, 0.1) is 0 Å². The number of rotatable bonds is 5. The second kappa shape index (κ2) is 7.51. The number of carbonyl (C=O) groups excluding carboxylic acids is 1. The van der Waals surface area contributed by atoms with E-state index in [-0.39, 0.29) is 11.5 Å². The van der Waals surface area contributed by atoms with Gasteiger partial charge in [0.2, 0.25) is 5.91 Å². The Kier molecular flexibility index (Phi) is 5.11. The fourth-order valence-electron chi connectivity index (χ4n) is 4.55. The van der Waals surface area contributed by atoms with E-state index in [0.717, 1.165) is 48.9 Å². The molecule has 140 valence electrons. The van der Waals surface area contributed by atoms with E-state index in [4.69, 9.17) is 0 Å². The third-order valence-corrected chi connectivity index (χ3v) is 7.13. The van der Waals surface area contributed by atoms with Gasteiger partial charge in [-0.3, -0.25) is 14.2 Å². The second-order valence-corrected chi connectivity index (χ2v) is 8.59. The van der Waals surface area contributed by atoms with Crippen molar-refractivity contribution in [2.75, 3.05) is 6.54 Å². The first-order chi connectivity index (χ1) is 12.7.